The van der Waals surface area contributed by atoms with Crippen molar-refractivity contribution in [1.82, 2.24) is 10.3 Å². The average molecular weight is 302 g/mol. The average Bonchev–Trinajstić information content (AvgIpc) is 2.51. The monoisotopic (exact) mass is 302 g/mol. The van der Waals surface area contributed by atoms with E-state index in [1.54, 1.807) is 7.11 Å². The molecule has 1 aromatic heterocycles. The van der Waals surface area contributed by atoms with Crippen molar-refractivity contribution in [1.29, 1.82) is 0 Å². The Morgan fingerprint density at radius 2 is 2.10 bits per heavy atom. The smallest absolute Gasteiger partial charge is 0.230 e. The predicted octanol–water partition coefficient (Wildman–Crippen LogP) is 2.81. The van der Waals surface area contributed by atoms with Crippen molar-refractivity contribution in [3.05, 3.63) is 53.9 Å². The molecule has 1 heterocycles. The van der Waals surface area contributed by atoms with Crippen LogP contribution >= 0.6 is 11.8 Å². The molecule has 1 aromatic carbocycles. The van der Waals surface area contributed by atoms with Crippen LogP contribution in [0.1, 0.15) is 11.4 Å². The summed E-state index contributed by atoms with van der Waals surface area (Å²) in [6.45, 7) is 2.39. The summed E-state index contributed by atoms with van der Waals surface area (Å²) in [5, 5.41) is 2.87. The Hall–Kier alpha value is -2.01. The third kappa shape index (κ3) is 5.11. The molecule has 0 aliphatic heterocycles. The maximum absolute atomic E-state index is 11.8. The van der Waals surface area contributed by atoms with E-state index in [9.17, 15) is 4.79 Å². The van der Waals surface area contributed by atoms with Crippen molar-refractivity contribution in [2.45, 2.75) is 18.4 Å². The number of carbonyl (C=O) groups is 1. The Kier molecular flexibility index (Phi) is 5.63. The maximum Gasteiger partial charge on any atom is 0.230 e. The molecule has 0 aliphatic carbocycles. The van der Waals surface area contributed by atoms with Gasteiger partial charge in [-0.15, -0.1) is 11.8 Å². The van der Waals surface area contributed by atoms with E-state index in [0.29, 0.717) is 12.3 Å². The summed E-state index contributed by atoms with van der Waals surface area (Å²) in [5.74, 6) is 1.16. The summed E-state index contributed by atoms with van der Waals surface area (Å²) in [4.78, 5) is 17.2. The zero-order valence-corrected chi connectivity index (χ0v) is 12.9. The van der Waals surface area contributed by atoms with Crippen LogP contribution in [-0.2, 0) is 11.3 Å². The topological polar surface area (TPSA) is 51.2 Å². The highest BCUT2D eigenvalue weighted by Crippen LogP contribution is 2.22. The molecule has 21 heavy (non-hydrogen) atoms. The molecule has 0 atom stereocenters. The van der Waals surface area contributed by atoms with Gasteiger partial charge >= 0.3 is 0 Å². The number of hydrogen-bond donors (Lipinski definition) is 1. The standard InChI is InChI=1S/C16H18N2O2S/c1-12-5-3-6-13(18-12)10-17-16(19)11-21-15-8-4-7-14(9-15)20-2/h3-9H,10-11H2,1-2H3,(H,17,19). The Bertz CT molecular complexity index is 617. The quantitative estimate of drug-likeness (QED) is 0.834. The Morgan fingerprint density at radius 3 is 2.86 bits per heavy atom. The molecule has 0 saturated heterocycles. The molecular formula is C16H18N2O2S. The first-order valence-electron chi connectivity index (χ1n) is 6.63. The number of pyridine rings is 1. The van der Waals surface area contributed by atoms with E-state index in [2.05, 4.69) is 10.3 Å². The van der Waals surface area contributed by atoms with Gasteiger partial charge in [0.05, 0.1) is 25.1 Å². The number of nitrogens with zero attached hydrogens (tertiary/aromatic N) is 1. The number of amides is 1. The first-order valence-corrected chi connectivity index (χ1v) is 7.62. The van der Waals surface area contributed by atoms with Crippen LogP contribution in [0.25, 0.3) is 0 Å². The van der Waals surface area contributed by atoms with Gasteiger partial charge < -0.3 is 10.1 Å². The molecular weight excluding hydrogens is 284 g/mol. The van der Waals surface area contributed by atoms with Crippen LogP contribution < -0.4 is 10.1 Å². The molecule has 1 amide bonds. The van der Waals surface area contributed by atoms with Gasteiger partial charge in [0.2, 0.25) is 5.91 Å². The normalized spacial score (nSPS) is 10.2. The fourth-order valence-electron chi connectivity index (χ4n) is 1.78. The highest BCUT2D eigenvalue weighted by atomic mass is 32.2. The molecule has 0 bridgehead atoms. The lowest BCUT2D eigenvalue weighted by atomic mass is 10.3. The summed E-state index contributed by atoms with van der Waals surface area (Å²) < 4.78 is 5.16. The number of rotatable bonds is 6. The largest absolute Gasteiger partial charge is 0.497 e. The van der Waals surface area contributed by atoms with E-state index in [0.717, 1.165) is 22.0 Å². The number of aromatic nitrogens is 1. The Morgan fingerprint density at radius 1 is 1.29 bits per heavy atom. The second kappa shape index (κ2) is 7.69. The third-order valence-electron chi connectivity index (χ3n) is 2.82. The summed E-state index contributed by atoms with van der Waals surface area (Å²) >= 11 is 1.48. The van der Waals surface area contributed by atoms with Crippen molar-refractivity contribution >= 4 is 17.7 Å². The minimum atomic E-state index is -0.00822. The zero-order valence-electron chi connectivity index (χ0n) is 12.1. The molecule has 0 radical (unpaired) electrons. The Labute approximate surface area is 128 Å². The van der Waals surface area contributed by atoms with E-state index < -0.39 is 0 Å². The van der Waals surface area contributed by atoms with Gasteiger partial charge in [-0.05, 0) is 37.3 Å². The highest BCUT2D eigenvalue weighted by Gasteiger charge is 2.04. The van der Waals surface area contributed by atoms with Gasteiger partial charge in [-0.3, -0.25) is 9.78 Å². The summed E-state index contributed by atoms with van der Waals surface area (Å²) in [6, 6.07) is 13.5. The number of nitrogens with one attached hydrogen (secondary N) is 1. The van der Waals surface area contributed by atoms with E-state index in [4.69, 9.17) is 4.74 Å². The third-order valence-corrected chi connectivity index (χ3v) is 3.82. The van der Waals surface area contributed by atoms with Crippen molar-refractivity contribution in [2.75, 3.05) is 12.9 Å². The van der Waals surface area contributed by atoms with E-state index in [-0.39, 0.29) is 5.91 Å². The number of hydrogen-bond acceptors (Lipinski definition) is 4. The molecule has 0 spiro atoms. The highest BCUT2D eigenvalue weighted by molar-refractivity contribution is 8.00. The number of carbonyl (C=O) groups excluding carboxylic acids is 1. The molecule has 1 N–H and O–H groups in total. The molecule has 4 nitrogen and oxygen atoms in total. The summed E-state index contributed by atoms with van der Waals surface area (Å²) in [5.41, 5.74) is 1.82. The molecule has 5 heteroatoms. The van der Waals surface area contributed by atoms with Gasteiger partial charge in [0, 0.05) is 10.6 Å². The second-order valence-electron chi connectivity index (χ2n) is 4.51. The predicted molar refractivity (Wildman–Crippen MR) is 84.5 cm³/mol. The minimum absolute atomic E-state index is 0.00822. The number of benzene rings is 1. The van der Waals surface area contributed by atoms with Crippen molar-refractivity contribution in [3.63, 3.8) is 0 Å². The second-order valence-corrected chi connectivity index (χ2v) is 5.56. The molecule has 2 aromatic rings. The zero-order chi connectivity index (χ0) is 15.1. The van der Waals surface area contributed by atoms with Crippen molar-refractivity contribution < 1.29 is 9.53 Å². The molecule has 110 valence electrons. The lowest BCUT2D eigenvalue weighted by Gasteiger charge is -2.06. The van der Waals surface area contributed by atoms with E-state index in [1.165, 1.54) is 11.8 Å². The van der Waals surface area contributed by atoms with Gasteiger partial charge in [0.15, 0.2) is 0 Å². The molecule has 0 saturated carbocycles. The van der Waals surface area contributed by atoms with E-state index >= 15 is 0 Å². The van der Waals surface area contributed by atoms with Crippen LogP contribution in [0.4, 0.5) is 0 Å². The number of thioether (sulfide) groups is 1. The molecule has 0 unspecified atom stereocenters. The van der Waals surface area contributed by atoms with Gasteiger partial charge in [0.25, 0.3) is 0 Å². The number of ether oxygens (including phenoxy) is 1. The summed E-state index contributed by atoms with van der Waals surface area (Å²) in [6.07, 6.45) is 0. The van der Waals surface area contributed by atoms with Crippen LogP contribution in [0.3, 0.4) is 0 Å². The molecule has 2 rings (SSSR count). The van der Waals surface area contributed by atoms with Gasteiger partial charge in [-0.1, -0.05) is 12.1 Å². The maximum atomic E-state index is 11.8. The van der Waals surface area contributed by atoms with Gasteiger partial charge in [0.1, 0.15) is 5.75 Å². The first kappa shape index (κ1) is 15.4. The molecule has 0 aliphatic rings. The van der Waals surface area contributed by atoms with Gasteiger partial charge in [-0.2, -0.15) is 0 Å². The van der Waals surface area contributed by atoms with Crippen LogP contribution in [0.15, 0.2) is 47.4 Å². The van der Waals surface area contributed by atoms with Crippen LogP contribution in [0.5, 0.6) is 5.75 Å². The number of methoxy groups -OCH3 is 1. The summed E-state index contributed by atoms with van der Waals surface area (Å²) in [7, 11) is 1.63. The van der Waals surface area contributed by atoms with E-state index in [1.807, 2.05) is 49.4 Å². The first-order chi connectivity index (χ1) is 10.2. The van der Waals surface area contributed by atoms with Crippen LogP contribution in [0.2, 0.25) is 0 Å². The lowest BCUT2D eigenvalue weighted by Crippen LogP contribution is -2.25. The van der Waals surface area contributed by atoms with Gasteiger partial charge in [-0.25, -0.2) is 0 Å². The fourth-order valence-corrected chi connectivity index (χ4v) is 2.55. The number of aryl methyl sites for hydroxylation is 1. The Balaban J connectivity index is 1.79. The lowest BCUT2D eigenvalue weighted by molar-refractivity contribution is -0.118. The van der Waals surface area contributed by atoms with Crippen molar-refractivity contribution in [2.24, 2.45) is 0 Å². The fraction of sp³-hybridized carbons (Fsp3) is 0.250. The van der Waals surface area contributed by atoms with Crippen LogP contribution in [0, 0.1) is 6.92 Å². The SMILES string of the molecule is COc1cccc(SCC(=O)NCc2cccc(C)n2)c1. The minimum Gasteiger partial charge on any atom is -0.497 e. The van der Waals surface area contributed by atoms with Crippen LogP contribution in [-0.4, -0.2) is 23.8 Å². The van der Waals surface area contributed by atoms with Crippen molar-refractivity contribution in [3.8, 4) is 5.75 Å². The molecule has 0 fully saturated rings.